The van der Waals surface area contributed by atoms with Crippen LogP contribution in [0.25, 0.3) is 0 Å². The molecule has 1 aromatic heterocycles. The topological polar surface area (TPSA) is 62.8 Å². The number of carbonyl (C=O) groups is 1. The van der Waals surface area contributed by atoms with Crippen LogP contribution >= 0.6 is 11.3 Å². The predicted molar refractivity (Wildman–Crippen MR) is 97.3 cm³/mol. The van der Waals surface area contributed by atoms with Gasteiger partial charge in [-0.15, -0.1) is 11.3 Å². The lowest BCUT2D eigenvalue weighted by molar-refractivity contribution is 0.244. The first kappa shape index (κ1) is 18.1. The number of hydrogen-bond donors (Lipinski definition) is 2. The monoisotopic (exact) mass is 349 g/mol. The Morgan fingerprint density at radius 3 is 2.62 bits per heavy atom. The molecule has 0 radical (unpaired) electrons. The van der Waals surface area contributed by atoms with Gasteiger partial charge in [0.15, 0.2) is 0 Å². The smallest absolute Gasteiger partial charge is 0.319 e. The van der Waals surface area contributed by atoms with Gasteiger partial charge in [0, 0.05) is 17.5 Å². The van der Waals surface area contributed by atoms with Gasteiger partial charge in [0.1, 0.15) is 11.5 Å². The second-order valence-electron chi connectivity index (χ2n) is 5.40. The Balaban J connectivity index is 1.98. The van der Waals surface area contributed by atoms with Crippen LogP contribution < -0.4 is 20.1 Å². The van der Waals surface area contributed by atoms with Crippen molar-refractivity contribution in [3.63, 3.8) is 0 Å². The third-order valence-corrected chi connectivity index (χ3v) is 4.58. The molecular weight excluding hydrogens is 326 g/mol. The number of nitrogens with zero attached hydrogens (tertiary/aromatic N) is 1. The standard InChI is InChI=1S/C17H23N3O3S/c1-20(2)14(16-6-5-9-24-16)11-18-17(21)19-13-8-7-12(22-3)10-15(13)23-4/h5-10,14H,11H2,1-4H3,(H2,18,19,21)/t14-/m1/s1. The second kappa shape index (κ2) is 8.56. The molecule has 0 unspecified atom stereocenters. The van der Waals surface area contributed by atoms with Crippen LogP contribution in [-0.2, 0) is 0 Å². The lowest BCUT2D eigenvalue weighted by Crippen LogP contribution is -2.36. The number of likely N-dealkylation sites (N-methyl/N-ethyl adjacent to an activating group) is 1. The van der Waals surface area contributed by atoms with E-state index in [2.05, 4.69) is 21.6 Å². The van der Waals surface area contributed by atoms with Gasteiger partial charge in [0.05, 0.1) is 25.9 Å². The normalized spacial score (nSPS) is 11.9. The Hall–Kier alpha value is -2.25. The Morgan fingerprint density at radius 2 is 2.04 bits per heavy atom. The number of urea groups is 1. The predicted octanol–water partition coefficient (Wildman–Crippen LogP) is 3.19. The molecule has 1 aromatic carbocycles. The molecule has 1 atom stereocenters. The summed E-state index contributed by atoms with van der Waals surface area (Å²) in [6.45, 7) is 0.512. The van der Waals surface area contributed by atoms with E-state index in [4.69, 9.17) is 9.47 Å². The van der Waals surface area contributed by atoms with E-state index in [1.54, 1.807) is 43.8 Å². The average molecular weight is 349 g/mol. The third-order valence-electron chi connectivity index (χ3n) is 3.61. The molecule has 0 aliphatic heterocycles. The Labute approximate surface area is 146 Å². The maximum absolute atomic E-state index is 12.2. The van der Waals surface area contributed by atoms with Crippen LogP contribution in [0.4, 0.5) is 10.5 Å². The fourth-order valence-electron chi connectivity index (χ4n) is 2.28. The van der Waals surface area contributed by atoms with E-state index in [1.165, 1.54) is 4.88 Å². The van der Waals surface area contributed by atoms with Gasteiger partial charge < -0.3 is 25.0 Å². The quantitative estimate of drug-likeness (QED) is 0.806. The molecule has 6 nitrogen and oxygen atoms in total. The van der Waals surface area contributed by atoms with Crippen molar-refractivity contribution in [1.82, 2.24) is 10.2 Å². The van der Waals surface area contributed by atoms with Crippen molar-refractivity contribution < 1.29 is 14.3 Å². The molecule has 130 valence electrons. The van der Waals surface area contributed by atoms with Gasteiger partial charge in [0.2, 0.25) is 0 Å². The van der Waals surface area contributed by atoms with Crippen LogP contribution in [0.3, 0.4) is 0 Å². The number of anilines is 1. The summed E-state index contributed by atoms with van der Waals surface area (Å²) < 4.78 is 10.4. The van der Waals surface area contributed by atoms with Gasteiger partial charge in [-0.1, -0.05) is 6.07 Å². The molecule has 0 saturated heterocycles. The number of carbonyl (C=O) groups excluding carboxylic acids is 1. The van der Waals surface area contributed by atoms with E-state index >= 15 is 0 Å². The van der Waals surface area contributed by atoms with Crippen molar-refractivity contribution in [2.24, 2.45) is 0 Å². The summed E-state index contributed by atoms with van der Waals surface area (Å²) in [5, 5.41) is 7.75. The molecule has 0 aliphatic rings. The highest BCUT2D eigenvalue weighted by molar-refractivity contribution is 7.10. The van der Waals surface area contributed by atoms with Crippen molar-refractivity contribution in [2.75, 3.05) is 40.2 Å². The van der Waals surface area contributed by atoms with E-state index in [0.717, 1.165) is 0 Å². The highest BCUT2D eigenvalue weighted by atomic mass is 32.1. The first-order valence-electron chi connectivity index (χ1n) is 7.52. The van der Waals surface area contributed by atoms with Crippen molar-refractivity contribution in [3.8, 4) is 11.5 Å². The highest BCUT2D eigenvalue weighted by Crippen LogP contribution is 2.29. The van der Waals surface area contributed by atoms with Crippen LogP contribution in [0.1, 0.15) is 10.9 Å². The summed E-state index contributed by atoms with van der Waals surface area (Å²) in [5.41, 5.74) is 0.591. The molecule has 0 aliphatic carbocycles. The maximum Gasteiger partial charge on any atom is 0.319 e. The van der Waals surface area contributed by atoms with E-state index in [1.807, 2.05) is 25.5 Å². The number of thiophene rings is 1. The van der Waals surface area contributed by atoms with Crippen LogP contribution in [0.2, 0.25) is 0 Å². The van der Waals surface area contributed by atoms with Gasteiger partial charge in [0.25, 0.3) is 0 Å². The van der Waals surface area contributed by atoms with Gasteiger partial charge in [-0.05, 0) is 37.7 Å². The molecule has 0 saturated carbocycles. The average Bonchev–Trinajstić information content (AvgIpc) is 3.09. The number of ether oxygens (including phenoxy) is 2. The SMILES string of the molecule is COc1ccc(NC(=O)NC[C@H](c2cccs2)N(C)C)c(OC)c1. The molecule has 2 amide bonds. The zero-order valence-electron chi connectivity index (χ0n) is 14.3. The Kier molecular flexibility index (Phi) is 6.45. The van der Waals surface area contributed by atoms with Gasteiger partial charge in [-0.2, -0.15) is 0 Å². The largest absolute Gasteiger partial charge is 0.497 e. The molecule has 1 heterocycles. The minimum atomic E-state index is -0.276. The molecule has 2 rings (SSSR count). The maximum atomic E-state index is 12.2. The Morgan fingerprint density at radius 1 is 1.25 bits per heavy atom. The molecule has 7 heteroatoms. The van der Waals surface area contributed by atoms with Crippen molar-refractivity contribution >= 4 is 23.1 Å². The van der Waals surface area contributed by atoms with Crippen molar-refractivity contribution in [1.29, 1.82) is 0 Å². The molecule has 2 aromatic rings. The third kappa shape index (κ3) is 4.62. The molecule has 0 fully saturated rings. The van der Waals surface area contributed by atoms with Crippen LogP contribution in [-0.4, -0.2) is 45.8 Å². The van der Waals surface area contributed by atoms with Gasteiger partial charge in [-0.3, -0.25) is 0 Å². The van der Waals surface area contributed by atoms with Crippen molar-refractivity contribution in [3.05, 3.63) is 40.6 Å². The number of amides is 2. The number of hydrogen-bond acceptors (Lipinski definition) is 5. The van der Waals surface area contributed by atoms with Crippen molar-refractivity contribution in [2.45, 2.75) is 6.04 Å². The molecular formula is C17H23N3O3S. The summed E-state index contributed by atoms with van der Waals surface area (Å²) in [6.07, 6.45) is 0. The molecule has 24 heavy (non-hydrogen) atoms. The van der Waals surface area contributed by atoms with Gasteiger partial charge in [-0.25, -0.2) is 4.79 Å². The van der Waals surface area contributed by atoms with E-state index in [-0.39, 0.29) is 12.1 Å². The molecule has 2 N–H and O–H groups in total. The summed E-state index contributed by atoms with van der Waals surface area (Å²) >= 11 is 1.68. The summed E-state index contributed by atoms with van der Waals surface area (Å²) in [7, 11) is 7.13. The fourth-order valence-corrected chi connectivity index (χ4v) is 3.20. The highest BCUT2D eigenvalue weighted by Gasteiger charge is 2.16. The lowest BCUT2D eigenvalue weighted by atomic mass is 10.2. The van der Waals surface area contributed by atoms with E-state index < -0.39 is 0 Å². The zero-order valence-corrected chi connectivity index (χ0v) is 15.1. The Bertz CT molecular complexity index is 659. The van der Waals surface area contributed by atoms with Crippen LogP contribution in [0, 0.1) is 0 Å². The van der Waals surface area contributed by atoms with E-state index in [0.29, 0.717) is 23.7 Å². The van der Waals surface area contributed by atoms with Crippen LogP contribution in [0.5, 0.6) is 11.5 Å². The minimum Gasteiger partial charge on any atom is -0.497 e. The molecule has 0 bridgehead atoms. The fraction of sp³-hybridized carbons (Fsp3) is 0.353. The molecule has 0 spiro atoms. The summed E-state index contributed by atoms with van der Waals surface area (Å²) in [4.78, 5) is 15.5. The first-order chi connectivity index (χ1) is 11.5. The number of nitrogens with one attached hydrogen (secondary N) is 2. The number of benzene rings is 1. The summed E-state index contributed by atoms with van der Waals surface area (Å²) in [5.74, 6) is 1.22. The zero-order chi connectivity index (χ0) is 17.5. The lowest BCUT2D eigenvalue weighted by Gasteiger charge is -2.23. The number of methoxy groups -OCH3 is 2. The summed E-state index contributed by atoms with van der Waals surface area (Å²) in [6, 6.07) is 9.19. The first-order valence-corrected chi connectivity index (χ1v) is 8.39. The van der Waals surface area contributed by atoms with Crippen LogP contribution in [0.15, 0.2) is 35.7 Å². The minimum absolute atomic E-state index is 0.133. The number of rotatable bonds is 7. The van der Waals surface area contributed by atoms with Gasteiger partial charge >= 0.3 is 6.03 Å². The van der Waals surface area contributed by atoms with E-state index in [9.17, 15) is 4.79 Å². The second-order valence-corrected chi connectivity index (χ2v) is 6.38.